The molecule has 0 aliphatic rings. The molecule has 0 fully saturated rings. The van der Waals surface area contributed by atoms with Gasteiger partial charge in [0, 0.05) is 5.56 Å². The van der Waals surface area contributed by atoms with Crippen molar-refractivity contribution in [2.75, 3.05) is 27.4 Å². The lowest BCUT2D eigenvalue weighted by Gasteiger charge is -2.15. The summed E-state index contributed by atoms with van der Waals surface area (Å²) in [6.45, 7) is 5.34. The van der Waals surface area contributed by atoms with E-state index in [0.29, 0.717) is 68.9 Å². The molecule has 1 N–H and O–H groups in total. The molecule has 0 heterocycles. The van der Waals surface area contributed by atoms with Gasteiger partial charge in [0.1, 0.15) is 6.29 Å². The van der Waals surface area contributed by atoms with Crippen molar-refractivity contribution in [3.8, 4) is 23.0 Å². The molecule has 0 aromatic heterocycles. The Kier molecular flexibility index (Phi) is 14.6. The van der Waals surface area contributed by atoms with Crippen molar-refractivity contribution in [1.82, 2.24) is 5.06 Å². The molecule has 2 aromatic rings. The molecule has 0 unspecified atom stereocenters. The van der Waals surface area contributed by atoms with E-state index in [1.54, 1.807) is 24.3 Å². The Balaban J connectivity index is 0.000000355. The van der Waals surface area contributed by atoms with Crippen LogP contribution in [0.25, 0.3) is 0 Å². The minimum Gasteiger partial charge on any atom is -0.493 e. The van der Waals surface area contributed by atoms with Crippen LogP contribution in [0.2, 0.25) is 10.0 Å². The number of methoxy groups -OCH3 is 2. The van der Waals surface area contributed by atoms with Gasteiger partial charge in [-0.2, -0.15) is 0 Å². The third-order valence-corrected chi connectivity index (χ3v) is 5.19. The fourth-order valence-corrected chi connectivity index (χ4v) is 3.38. The van der Waals surface area contributed by atoms with Gasteiger partial charge in [0.15, 0.2) is 23.0 Å². The lowest BCUT2D eigenvalue weighted by atomic mass is 10.2. The van der Waals surface area contributed by atoms with E-state index in [0.717, 1.165) is 32.0 Å². The minimum absolute atomic E-state index is 0.0365. The summed E-state index contributed by atoms with van der Waals surface area (Å²) in [6.07, 6.45) is 5.01. The highest BCUT2D eigenvalue weighted by Crippen LogP contribution is 2.37. The number of amides is 1. The molecular weight excluding hydrogens is 497 g/mol. The van der Waals surface area contributed by atoms with Crippen LogP contribution in [0.1, 0.15) is 55.5 Å². The molecule has 0 bridgehead atoms. The van der Waals surface area contributed by atoms with Gasteiger partial charge in [0.25, 0.3) is 0 Å². The van der Waals surface area contributed by atoms with Crippen molar-refractivity contribution in [3.05, 3.63) is 45.4 Å². The maximum atomic E-state index is 10.6. The number of carbonyl (C=O) groups is 2. The molecule has 0 saturated heterocycles. The van der Waals surface area contributed by atoms with Gasteiger partial charge in [-0.3, -0.25) is 14.8 Å². The summed E-state index contributed by atoms with van der Waals surface area (Å²) in [5, 5.41) is 10.5. The predicted octanol–water partition coefficient (Wildman–Crippen LogP) is 6.22. The minimum atomic E-state index is 0.0365. The average molecular weight is 530 g/mol. The van der Waals surface area contributed by atoms with Crippen LogP contribution in [-0.4, -0.2) is 50.4 Å². The Morgan fingerprint density at radius 2 is 1.37 bits per heavy atom. The van der Waals surface area contributed by atoms with Gasteiger partial charge in [-0.25, -0.2) is 5.06 Å². The van der Waals surface area contributed by atoms with Crippen LogP contribution in [0.4, 0.5) is 0 Å². The van der Waals surface area contributed by atoms with E-state index in [4.69, 9.17) is 47.4 Å². The number of hydrogen-bond donors (Lipinski definition) is 1. The molecule has 0 aliphatic carbocycles. The van der Waals surface area contributed by atoms with Gasteiger partial charge < -0.3 is 18.9 Å². The monoisotopic (exact) mass is 529 g/mol. The molecule has 8 nitrogen and oxygen atoms in total. The number of carbonyl (C=O) groups excluding carboxylic acids is 2. The van der Waals surface area contributed by atoms with Crippen molar-refractivity contribution in [3.63, 3.8) is 0 Å². The lowest BCUT2D eigenvalue weighted by molar-refractivity contribution is -0.152. The topological polar surface area (TPSA) is 94.5 Å². The number of aldehydes is 1. The zero-order valence-corrected chi connectivity index (χ0v) is 22.0. The number of unbranched alkanes of at least 4 members (excludes halogenated alkanes) is 2. The lowest BCUT2D eigenvalue weighted by Crippen LogP contribution is -2.16. The Morgan fingerprint density at radius 1 is 0.857 bits per heavy atom. The number of benzene rings is 2. The van der Waals surface area contributed by atoms with Crippen molar-refractivity contribution < 1.29 is 33.7 Å². The molecule has 0 radical (unpaired) electrons. The van der Waals surface area contributed by atoms with E-state index in [-0.39, 0.29) is 6.54 Å². The first-order chi connectivity index (χ1) is 16.8. The largest absolute Gasteiger partial charge is 0.493 e. The Hall–Kier alpha value is -2.68. The number of rotatable bonds is 14. The van der Waals surface area contributed by atoms with Crippen LogP contribution in [-0.2, 0) is 11.3 Å². The second-order valence-corrected chi connectivity index (χ2v) is 8.18. The summed E-state index contributed by atoms with van der Waals surface area (Å²) in [4.78, 5) is 21.0. The number of ether oxygens (including phenoxy) is 4. The second kappa shape index (κ2) is 16.9. The molecule has 2 aromatic carbocycles. The summed E-state index contributed by atoms with van der Waals surface area (Å²) in [6, 6.07) is 6.50. The molecule has 0 saturated carbocycles. The van der Waals surface area contributed by atoms with E-state index >= 15 is 0 Å². The summed E-state index contributed by atoms with van der Waals surface area (Å²) in [5.74, 6) is 1.96. The molecule has 10 heteroatoms. The first-order valence-corrected chi connectivity index (χ1v) is 12.0. The van der Waals surface area contributed by atoms with Crippen LogP contribution in [0.3, 0.4) is 0 Å². The standard InChI is InChI=1S/C13H18ClNO4.C12H15ClO3/c1-3-4-5-19-13-11(14)6-10(7-12(13)18-2)8-15(17)9-16;1-3-4-5-16-12-10(13)6-9(8-14)7-11(12)15-2/h6-7,9,17H,3-5,8H2,1-2H3;6-8H,3-5H2,1-2H3. The number of nitrogens with zero attached hydrogens (tertiary/aromatic N) is 1. The van der Waals surface area contributed by atoms with Gasteiger partial charge in [-0.15, -0.1) is 0 Å². The summed E-state index contributed by atoms with van der Waals surface area (Å²) in [7, 11) is 3.03. The fourth-order valence-electron chi connectivity index (χ4n) is 2.81. The summed E-state index contributed by atoms with van der Waals surface area (Å²) >= 11 is 12.1. The van der Waals surface area contributed by atoms with E-state index in [9.17, 15) is 9.59 Å². The van der Waals surface area contributed by atoms with Crippen molar-refractivity contribution >= 4 is 35.9 Å². The van der Waals surface area contributed by atoms with Crippen LogP contribution in [0.15, 0.2) is 24.3 Å². The number of hydroxylamine groups is 2. The van der Waals surface area contributed by atoms with Crippen LogP contribution in [0.5, 0.6) is 23.0 Å². The summed E-state index contributed by atoms with van der Waals surface area (Å²) < 4.78 is 21.5. The van der Waals surface area contributed by atoms with Gasteiger partial charge in [-0.1, -0.05) is 49.9 Å². The normalized spacial score (nSPS) is 10.0. The average Bonchev–Trinajstić information content (AvgIpc) is 2.86. The third-order valence-electron chi connectivity index (χ3n) is 4.63. The van der Waals surface area contributed by atoms with Crippen molar-refractivity contribution in [2.45, 2.75) is 46.1 Å². The Labute approximate surface area is 216 Å². The highest BCUT2D eigenvalue weighted by Gasteiger charge is 2.13. The summed E-state index contributed by atoms with van der Waals surface area (Å²) in [5.41, 5.74) is 1.13. The molecule has 0 spiro atoms. The van der Waals surface area contributed by atoms with E-state index in [1.807, 2.05) is 0 Å². The second-order valence-electron chi connectivity index (χ2n) is 7.37. The quantitative estimate of drug-likeness (QED) is 0.134. The smallest absolute Gasteiger partial charge is 0.233 e. The molecule has 0 aliphatic heterocycles. The van der Waals surface area contributed by atoms with E-state index in [1.165, 1.54) is 14.2 Å². The zero-order chi connectivity index (χ0) is 26.2. The van der Waals surface area contributed by atoms with Crippen molar-refractivity contribution in [2.24, 2.45) is 0 Å². The van der Waals surface area contributed by atoms with Crippen LogP contribution < -0.4 is 18.9 Å². The first kappa shape index (κ1) is 30.4. The molecular formula is C25H33Cl2NO7. The maximum absolute atomic E-state index is 10.6. The molecule has 0 atom stereocenters. The fraction of sp³-hybridized carbons (Fsp3) is 0.440. The SMILES string of the molecule is CCCCOc1c(Cl)cc(C=O)cc1OC.CCCCOc1c(Cl)cc(CN(O)C=O)cc1OC. The van der Waals surface area contributed by atoms with Crippen LogP contribution in [0, 0.1) is 0 Å². The highest BCUT2D eigenvalue weighted by atomic mass is 35.5. The third kappa shape index (κ3) is 10.2. The van der Waals surface area contributed by atoms with Gasteiger partial charge in [0.2, 0.25) is 6.41 Å². The van der Waals surface area contributed by atoms with Gasteiger partial charge in [-0.05, 0) is 42.7 Å². The molecule has 1 amide bonds. The molecule has 194 valence electrons. The zero-order valence-electron chi connectivity index (χ0n) is 20.5. The molecule has 2 rings (SSSR count). The number of hydrogen-bond acceptors (Lipinski definition) is 7. The van der Waals surface area contributed by atoms with Crippen molar-refractivity contribution in [1.29, 1.82) is 0 Å². The molecule has 35 heavy (non-hydrogen) atoms. The van der Waals surface area contributed by atoms with Gasteiger partial charge >= 0.3 is 0 Å². The Bertz CT molecular complexity index is 941. The van der Waals surface area contributed by atoms with E-state index in [2.05, 4.69) is 13.8 Å². The van der Waals surface area contributed by atoms with Crippen LogP contribution >= 0.6 is 23.2 Å². The highest BCUT2D eigenvalue weighted by molar-refractivity contribution is 6.32. The maximum Gasteiger partial charge on any atom is 0.233 e. The van der Waals surface area contributed by atoms with E-state index < -0.39 is 0 Å². The number of halogens is 2. The first-order valence-electron chi connectivity index (χ1n) is 11.2. The predicted molar refractivity (Wildman–Crippen MR) is 136 cm³/mol. The Morgan fingerprint density at radius 3 is 1.83 bits per heavy atom. The van der Waals surface area contributed by atoms with Gasteiger partial charge in [0.05, 0.1) is 44.0 Å².